The predicted octanol–water partition coefficient (Wildman–Crippen LogP) is 2.06. The molecule has 4 nitrogen and oxygen atoms in total. The van der Waals surface area contributed by atoms with Crippen LogP contribution in [0.4, 0.5) is 0 Å². The van der Waals surface area contributed by atoms with Gasteiger partial charge in [0.25, 0.3) is 0 Å². The van der Waals surface area contributed by atoms with Crippen LogP contribution in [0.2, 0.25) is 0 Å². The highest BCUT2D eigenvalue weighted by atomic mass is 16.3. The summed E-state index contributed by atoms with van der Waals surface area (Å²) in [4.78, 5) is 4.63. The first-order chi connectivity index (χ1) is 8.58. The zero-order chi connectivity index (χ0) is 12.9. The number of hydrogen-bond acceptors (Lipinski definition) is 3. The molecule has 1 saturated carbocycles. The largest absolute Gasteiger partial charge is 0.391 e. The molecule has 2 unspecified atom stereocenters. The molecule has 4 heteroatoms. The van der Waals surface area contributed by atoms with Crippen molar-refractivity contribution in [3.8, 4) is 0 Å². The molecule has 1 aromatic heterocycles. The quantitative estimate of drug-likeness (QED) is 0.870. The number of nitrogens with two attached hydrogens (primary N) is 1. The molecule has 0 amide bonds. The third-order valence-corrected chi connectivity index (χ3v) is 3.60. The van der Waals surface area contributed by atoms with Gasteiger partial charge in [0.1, 0.15) is 5.82 Å². The fraction of sp³-hybridized carbons (Fsp3) is 0.500. The van der Waals surface area contributed by atoms with E-state index in [1.807, 2.05) is 0 Å². The summed E-state index contributed by atoms with van der Waals surface area (Å²) in [5, 5.41) is 9.70. The normalized spacial score (nSPS) is 19.1. The summed E-state index contributed by atoms with van der Waals surface area (Å²) in [7, 11) is 0. The van der Waals surface area contributed by atoms with Crippen LogP contribution < -0.4 is 5.73 Å². The molecule has 3 rings (SSSR count). The van der Waals surface area contributed by atoms with Gasteiger partial charge in [0.05, 0.1) is 23.2 Å². The number of fused-ring (bicyclic) bond motifs is 1. The van der Waals surface area contributed by atoms with E-state index in [0.29, 0.717) is 6.04 Å². The Morgan fingerprint density at radius 2 is 2.17 bits per heavy atom. The third-order valence-electron chi connectivity index (χ3n) is 3.60. The minimum atomic E-state index is -0.583. The number of aryl methyl sites for hydroxylation is 1. The Balaban J connectivity index is 2.20. The monoisotopic (exact) mass is 245 g/mol. The molecule has 2 atom stereocenters. The molecule has 0 aliphatic heterocycles. The first-order valence-corrected chi connectivity index (χ1v) is 6.50. The van der Waals surface area contributed by atoms with Crippen LogP contribution in [0.5, 0.6) is 0 Å². The molecule has 1 aromatic carbocycles. The molecular formula is C14H19N3O. The highest BCUT2D eigenvalue weighted by Crippen LogP contribution is 2.40. The van der Waals surface area contributed by atoms with Gasteiger partial charge in [-0.3, -0.25) is 0 Å². The first-order valence-electron chi connectivity index (χ1n) is 6.50. The molecule has 96 valence electrons. The fourth-order valence-electron chi connectivity index (χ4n) is 2.39. The smallest absolute Gasteiger partial charge is 0.129 e. The number of aliphatic hydroxyl groups excluding tert-OH is 1. The van der Waals surface area contributed by atoms with E-state index in [0.717, 1.165) is 16.9 Å². The Kier molecular flexibility index (Phi) is 2.64. The second-order valence-corrected chi connectivity index (χ2v) is 5.33. The summed E-state index contributed by atoms with van der Waals surface area (Å²) in [6, 6.07) is 6.37. The highest BCUT2D eigenvalue weighted by Gasteiger charge is 2.31. The second kappa shape index (κ2) is 4.07. The maximum absolute atomic E-state index is 9.70. The van der Waals surface area contributed by atoms with Crippen molar-refractivity contribution >= 4 is 11.0 Å². The number of rotatable bonds is 3. The fourth-order valence-corrected chi connectivity index (χ4v) is 2.39. The summed E-state index contributed by atoms with van der Waals surface area (Å²) in [6.45, 7) is 3.77. The lowest BCUT2D eigenvalue weighted by molar-refractivity contribution is 0.159. The number of aliphatic hydroxyl groups is 1. The molecule has 18 heavy (non-hydrogen) atoms. The summed E-state index contributed by atoms with van der Waals surface area (Å²) < 4.78 is 2.21. The topological polar surface area (TPSA) is 64.1 Å². The number of benzene rings is 1. The molecule has 1 fully saturated rings. The predicted molar refractivity (Wildman–Crippen MR) is 71.4 cm³/mol. The third kappa shape index (κ3) is 1.82. The number of aromatic nitrogens is 2. The van der Waals surface area contributed by atoms with Gasteiger partial charge >= 0.3 is 0 Å². The summed E-state index contributed by atoms with van der Waals surface area (Å²) in [6.07, 6.45) is 1.78. The average Bonchev–Trinajstić information content (AvgIpc) is 3.09. The summed E-state index contributed by atoms with van der Waals surface area (Å²) in [5.74, 6) is 0.813. The Labute approximate surface area is 106 Å². The van der Waals surface area contributed by atoms with Gasteiger partial charge in [-0.25, -0.2) is 4.98 Å². The zero-order valence-electron chi connectivity index (χ0n) is 10.8. The molecule has 1 aliphatic carbocycles. The molecule has 3 N–H and O–H groups in total. The van der Waals surface area contributed by atoms with Crippen molar-refractivity contribution in [1.82, 2.24) is 9.55 Å². The molecule has 0 radical (unpaired) electrons. The van der Waals surface area contributed by atoms with Crippen molar-refractivity contribution in [3.05, 3.63) is 29.6 Å². The number of hydrogen-bond donors (Lipinski definition) is 2. The van der Waals surface area contributed by atoms with Gasteiger partial charge in [0.15, 0.2) is 0 Å². The van der Waals surface area contributed by atoms with Crippen molar-refractivity contribution in [2.24, 2.45) is 5.73 Å². The van der Waals surface area contributed by atoms with E-state index in [-0.39, 0.29) is 0 Å². The Hall–Kier alpha value is -1.39. The van der Waals surface area contributed by atoms with Gasteiger partial charge in [-0.2, -0.15) is 0 Å². The van der Waals surface area contributed by atoms with Crippen molar-refractivity contribution in [3.63, 3.8) is 0 Å². The van der Waals surface area contributed by atoms with Gasteiger partial charge < -0.3 is 15.4 Å². The van der Waals surface area contributed by atoms with E-state index in [1.165, 1.54) is 18.4 Å². The Morgan fingerprint density at radius 1 is 1.44 bits per heavy atom. The summed E-state index contributed by atoms with van der Waals surface area (Å²) in [5.41, 5.74) is 9.38. The SMILES string of the molecule is Cc1ccc2c(c1)nc(C(N)C(C)O)n2C1CC1. The van der Waals surface area contributed by atoms with Crippen LogP contribution in [-0.2, 0) is 0 Å². The van der Waals surface area contributed by atoms with Crippen LogP contribution in [0.25, 0.3) is 11.0 Å². The molecular weight excluding hydrogens is 226 g/mol. The van der Waals surface area contributed by atoms with Crippen LogP contribution in [0.3, 0.4) is 0 Å². The van der Waals surface area contributed by atoms with E-state index in [1.54, 1.807) is 6.92 Å². The molecule has 0 bridgehead atoms. The van der Waals surface area contributed by atoms with Crippen molar-refractivity contribution in [1.29, 1.82) is 0 Å². The summed E-state index contributed by atoms with van der Waals surface area (Å²) >= 11 is 0. The van der Waals surface area contributed by atoms with E-state index in [4.69, 9.17) is 5.73 Å². The van der Waals surface area contributed by atoms with E-state index in [2.05, 4.69) is 34.7 Å². The molecule has 0 spiro atoms. The standard InChI is InChI=1S/C14H19N3O/c1-8-3-6-12-11(7-8)16-14(13(15)9(2)18)17(12)10-4-5-10/h3,6-7,9-10,13,18H,4-5,15H2,1-2H3. The molecule has 1 heterocycles. The van der Waals surface area contributed by atoms with E-state index in [9.17, 15) is 5.11 Å². The van der Waals surface area contributed by atoms with Crippen LogP contribution >= 0.6 is 0 Å². The van der Waals surface area contributed by atoms with Crippen molar-refractivity contribution in [2.75, 3.05) is 0 Å². The van der Waals surface area contributed by atoms with Gasteiger partial charge in [0.2, 0.25) is 0 Å². The maximum atomic E-state index is 9.70. The van der Waals surface area contributed by atoms with Crippen LogP contribution in [-0.4, -0.2) is 20.8 Å². The highest BCUT2D eigenvalue weighted by molar-refractivity contribution is 5.77. The molecule has 1 aliphatic rings. The molecule has 2 aromatic rings. The lowest BCUT2D eigenvalue weighted by Gasteiger charge is -2.16. The minimum absolute atomic E-state index is 0.418. The van der Waals surface area contributed by atoms with Gasteiger partial charge in [-0.15, -0.1) is 0 Å². The number of nitrogens with zero attached hydrogens (tertiary/aromatic N) is 2. The molecule has 0 saturated heterocycles. The number of imidazole rings is 1. The van der Waals surface area contributed by atoms with Crippen LogP contribution in [0.15, 0.2) is 18.2 Å². The Morgan fingerprint density at radius 3 is 2.78 bits per heavy atom. The lowest BCUT2D eigenvalue weighted by Crippen LogP contribution is -2.26. The first kappa shape index (κ1) is 11.7. The van der Waals surface area contributed by atoms with Crippen molar-refractivity contribution < 1.29 is 5.11 Å². The average molecular weight is 245 g/mol. The van der Waals surface area contributed by atoms with E-state index < -0.39 is 12.1 Å². The lowest BCUT2D eigenvalue weighted by atomic mass is 10.2. The van der Waals surface area contributed by atoms with Gasteiger partial charge in [-0.1, -0.05) is 6.07 Å². The van der Waals surface area contributed by atoms with Crippen LogP contribution in [0, 0.1) is 6.92 Å². The maximum Gasteiger partial charge on any atom is 0.129 e. The van der Waals surface area contributed by atoms with Gasteiger partial charge in [-0.05, 0) is 44.4 Å². The Bertz CT molecular complexity index is 584. The van der Waals surface area contributed by atoms with Crippen molar-refractivity contribution in [2.45, 2.75) is 44.9 Å². The van der Waals surface area contributed by atoms with Crippen LogP contribution in [0.1, 0.15) is 43.2 Å². The second-order valence-electron chi connectivity index (χ2n) is 5.33. The van der Waals surface area contributed by atoms with Gasteiger partial charge in [0, 0.05) is 6.04 Å². The van der Waals surface area contributed by atoms with E-state index >= 15 is 0 Å². The zero-order valence-corrected chi connectivity index (χ0v) is 10.8. The minimum Gasteiger partial charge on any atom is -0.391 e.